The Labute approximate surface area is 87.7 Å². The molecule has 80 valence electrons. The van der Waals surface area contributed by atoms with Gasteiger partial charge in [0.1, 0.15) is 8.07 Å². The smallest absolute Gasteiger partial charge is 0.129 e. The number of aliphatic hydroxyl groups is 2. The van der Waals surface area contributed by atoms with E-state index < -0.39 is 14.2 Å². The number of rotatable bonds is 4. The monoisotopic (exact) mass is 212 g/mol. The van der Waals surface area contributed by atoms with Gasteiger partial charge in [0.2, 0.25) is 0 Å². The first kappa shape index (κ1) is 13.4. The Bertz CT molecular complexity index is 230. The van der Waals surface area contributed by atoms with E-state index in [9.17, 15) is 5.11 Å². The van der Waals surface area contributed by atoms with Gasteiger partial charge in [-0.05, 0) is 6.42 Å². The van der Waals surface area contributed by atoms with E-state index >= 15 is 0 Å². The average Bonchev–Trinajstić information content (AvgIpc) is 2.02. The maximum Gasteiger partial charge on any atom is 0.129 e. The van der Waals surface area contributed by atoms with Crippen LogP contribution in [0, 0.1) is 11.5 Å². The van der Waals surface area contributed by atoms with Crippen molar-refractivity contribution in [1.82, 2.24) is 0 Å². The maximum absolute atomic E-state index is 9.42. The molecule has 0 bridgehead atoms. The van der Waals surface area contributed by atoms with Crippen molar-refractivity contribution in [3.8, 4) is 11.5 Å². The fourth-order valence-electron chi connectivity index (χ4n) is 0.817. The summed E-state index contributed by atoms with van der Waals surface area (Å²) in [5.74, 6) is 3.00. The molecule has 2 N–H and O–H groups in total. The molecule has 0 aliphatic rings. The van der Waals surface area contributed by atoms with Gasteiger partial charge in [-0.3, -0.25) is 0 Å². The van der Waals surface area contributed by atoms with E-state index in [1.807, 2.05) is 0 Å². The standard InChI is InChI=1S/C11H20O2Si/c1-14(2,3)10-6-8-11(13)7-4-5-9-12/h4,7,11-13H,5,8-9H2,1-3H3/b7-4-. The van der Waals surface area contributed by atoms with Gasteiger partial charge in [-0.1, -0.05) is 31.8 Å². The van der Waals surface area contributed by atoms with Crippen LogP contribution in [0.15, 0.2) is 12.2 Å². The molecule has 3 heteroatoms. The fraction of sp³-hybridized carbons (Fsp3) is 0.636. The Hall–Kier alpha value is -0.563. The Morgan fingerprint density at radius 3 is 2.50 bits per heavy atom. The predicted molar refractivity (Wildman–Crippen MR) is 62.6 cm³/mol. The molecular formula is C11H20O2Si. The Balaban J connectivity index is 3.83. The second-order valence-electron chi connectivity index (χ2n) is 4.26. The van der Waals surface area contributed by atoms with Crippen molar-refractivity contribution in [3.63, 3.8) is 0 Å². The molecule has 0 amide bonds. The summed E-state index contributed by atoms with van der Waals surface area (Å²) in [4.78, 5) is 0. The van der Waals surface area contributed by atoms with Crippen molar-refractivity contribution in [1.29, 1.82) is 0 Å². The van der Waals surface area contributed by atoms with Crippen LogP contribution >= 0.6 is 0 Å². The molecule has 14 heavy (non-hydrogen) atoms. The predicted octanol–water partition coefficient (Wildman–Crippen LogP) is 1.56. The van der Waals surface area contributed by atoms with Crippen LogP contribution in [0.3, 0.4) is 0 Å². The van der Waals surface area contributed by atoms with Crippen molar-refractivity contribution in [2.45, 2.75) is 38.6 Å². The Kier molecular flexibility index (Phi) is 6.55. The van der Waals surface area contributed by atoms with Gasteiger partial charge in [-0.15, -0.1) is 11.5 Å². The molecule has 0 heterocycles. The van der Waals surface area contributed by atoms with Crippen LogP contribution in [0.25, 0.3) is 0 Å². The van der Waals surface area contributed by atoms with Crippen molar-refractivity contribution in [2.75, 3.05) is 6.61 Å². The SMILES string of the molecule is C[Si](C)(C)C#CCC(O)/C=C\CCO. The Morgan fingerprint density at radius 1 is 1.36 bits per heavy atom. The molecule has 1 unspecified atom stereocenters. The lowest BCUT2D eigenvalue weighted by molar-refractivity contribution is 0.228. The van der Waals surface area contributed by atoms with Crippen LogP contribution < -0.4 is 0 Å². The van der Waals surface area contributed by atoms with Crippen molar-refractivity contribution < 1.29 is 10.2 Å². The molecule has 0 radical (unpaired) electrons. The molecule has 0 fully saturated rings. The lowest BCUT2D eigenvalue weighted by atomic mass is 10.2. The van der Waals surface area contributed by atoms with Crippen LogP contribution in [0.1, 0.15) is 12.8 Å². The molecule has 0 aromatic rings. The minimum Gasteiger partial charge on any atom is -0.396 e. The van der Waals surface area contributed by atoms with E-state index in [4.69, 9.17) is 5.11 Å². The molecular weight excluding hydrogens is 192 g/mol. The lowest BCUT2D eigenvalue weighted by Crippen LogP contribution is -2.16. The summed E-state index contributed by atoms with van der Waals surface area (Å²) in [6.45, 7) is 6.65. The van der Waals surface area contributed by atoms with E-state index in [2.05, 4.69) is 31.1 Å². The highest BCUT2D eigenvalue weighted by Crippen LogP contribution is 1.98. The van der Waals surface area contributed by atoms with E-state index in [0.717, 1.165) is 0 Å². The molecule has 0 aromatic heterocycles. The third-order valence-electron chi connectivity index (χ3n) is 1.43. The minimum absolute atomic E-state index is 0.129. The number of hydrogen-bond donors (Lipinski definition) is 2. The third kappa shape index (κ3) is 9.52. The van der Waals surface area contributed by atoms with Crippen molar-refractivity contribution >= 4 is 8.07 Å². The second kappa shape index (κ2) is 6.83. The zero-order valence-electron chi connectivity index (χ0n) is 9.25. The summed E-state index contributed by atoms with van der Waals surface area (Å²) in [7, 11) is -1.30. The van der Waals surface area contributed by atoms with Gasteiger partial charge < -0.3 is 10.2 Å². The van der Waals surface area contributed by atoms with E-state index in [1.165, 1.54) is 0 Å². The van der Waals surface area contributed by atoms with Gasteiger partial charge in [0, 0.05) is 13.0 Å². The second-order valence-corrected chi connectivity index (χ2v) is 9.01. The number of aliphatic hydroxyl groups excluding tert-OH is 2. The summed E-state index contributed by atoms with van der Waals surface area (Å²) in [5.41, 5.74) is 3.19. The molecule has 2 nitrogen and oxygen atoms in total. The highest BCUT2D eigenvalue weighted by molar-refractivity contribution is 6.83. The van der Waals surface area contributed by atoms with Crippen LogP contribution in [-0.4, -0.2) is 31.0 Å². The molecule has 0 aliphatic heterocycles. The van der Waals surface area contributed by atoms with E-state index in [-0.39, 0.29) is 6.61 Å². The van der Waals surface area contributed by atoms with Gasteiger partial charge in [-0.25, -0.2) is 0 Å². The average molecular weight is 212 g/mol. The Morgan fingerprint density at radius 2 is 2.00 bits per heavy atom. The summed E-state index contributed by atoms with van der Waals surface area (Å²) in [5, 5.41) is 17.9. The van der Waals surface area contributed by atoms with Gasteiger partial charge >= 0.3 is 0 Å². The normalized spacial score (nSPS) is 13.8. The quantitative estimate of drug-likeness (QED) is 0.422. The lowest BCUT2D eigenvalue weighted by Gasteiger charge is -2.04. The van der Waals surface area contributed by atoms with Gasteiger partial charge in [0.15, 0.2) is 0 Å². The first-order valence-corrected chi connectivity index (χ1v) is 8.41. The van der Waals surface area contributed by atoms with E-state index in [1.54, 1.807) is 12.2 Å². The largest absolute Gasteiger partial charge is 0.396 e. The van der Waals surface area contributed by atoms with Crippen molar-refractivity contribution in [2.24, 2.45) is 0 Å². The summed E-state index contributed by atoms with van der Waals surface area (Å²) in [6.07, 6.45) is 4.06. The van der Waals surface area contributed by atoms with E-state index in [0.29, 0.717) is 12.8 Å². The molecule has 0 aromatic carbocycles. The van der Waals surface area contributed by atoms with Crippen LogP contribution in [0.4, 0.5) is 0 Å². The molecule has 0 saturated carbocycles. The molecule has 1 atom stereocenters. The minimum atomic E-state index is -1.30. The first-order chi connectivity index (χ1) is 6.45. The number of hydrogen-bond acceptors (Lipinski definition) is 2. The fourth-order valence-corrected chi connectivity index (χ4v) is 1.45. The summed E-state index contributed by atoms with van der Waals surface area (Å²) < 4.78 is 0. The van der Waals surface area contributed by atoms with Crippen LogP contribution in [0.5, 0.6) is 0 Å². The van der Waals surface area contributed by atoms with Crippen LogP contribution in [-0.2, 0) is 0 Å². The first-order valence-electron chi connectivity index (χ1n) is 4.91. The zero-order valence-corrected chi connectivity index (χ0v) is 10.2. The maximum atomic E-state index is 9.42. The highest BCUT2D eigenvalue weighted by atomic mass is 28.3. The highest BCUT2D eigenvalue weighted by Gasteiger charge is 2.07. The topological polar surface area (TPSA) is 40.5 Å². The molecule has 0 aliphatic carbocycles. The molecule has 0 spiro atoms. The summed E-state index contributed by atoms with van der Waals surface area (Å²) >= 11 is 0. The van der Waals surface area contributed by atoms with Gasteiger partial charge in [-0.2, -0.15) is 0 Å². The zero-order chi connectivity index (χ0) is 11.0. The molecule has 0 rings (SSSR count). The van der Waals surface area contributed by atoms with Crippen LogP contribution in [0.2, 0.25) is 19.6 Å². The van der Waals surface area contributed by atoms with Crippen molar-refractivity contribution in [3.05, 3.63) is 12.2 Å². The van der Waals surface area contributed by atoms with Gasteiger partial charge in [0.25, 0.3) is 0 Å². The van der Waals surface area contributed by atoms with Gasteiger partial charge in [0.05, 0.1) is 6.10 Å². The summed E-state index contributed by atoms with van der Waals surface area (Å²) in [6, 6.07) is 0. The third-order valence-corrected chi connectivity index (χ3v) is 2.36. The molecule has 0 saturated heterocycles.